The minimum atomic E-state index is -0.591. The first-order valence-electron chi connectivity index (χ1n) is 10.8. The molecule has 0 atom stereocenters. The Kier molecular flexibility index (Phi) is 6.24. The number of rotatable bonds is 5. The molecule has 0 bridgehead atoms. The Balaban J connectivity index is 1.36. The smallest absolute Gasteiger partial charge is 0.223 e. The summed E-state index contributed by atoms with van der Waals surface area (Å²) in [6, 6.07) is 10.5. The highest BCUT2D eigenvalue weighted by molar-refractivity contribution is 6.31. The summed E-state index contributed by atoms with van der Waals surface area (Å²) >= 11 is 6.10. The number of benzene rings is 2. The number of para-hydroxylation sites is 1. The number of carbonyl (C=O) groups is 3. The summed E-state index contributed by atoms with van der Waals surface area (Å²) in [5, 5.41) is 0.525. The summed E-state index contributed by atoms with van der Waals surface area (Å²) in [5.74, 6) is 0.970. The van der Waals surface area contributed by atoms with Gasteiger partial charge >= 0.3 is 0 Å². The van der Waals surface area contributed by atoms with Crippen LogP contribution in [0.3, 0.4) is 0 Å². The molecule has 6 nitrogen and oxygen atoms in total. The number of likely N-dealkylation sites (tertiary alicyclic amines) is 1. The average molecular weight is 456 g/mol. The molecule has 1 amide bonds. The Morgan fingerprint density at radius 1 is 1.16 bits per heavy atom. The Morgan fingerprint density at radius 2 is 1.88 bits per heavy atom. The number of aryl methyl sites for hydroxylation is 1. The van der Waals surface area contributed by atoms with E-state index in [4.69, 9.17) is 21.1 Å². The molecule has 0 aliphatic carbocycles. The van der Waals surface area contributed by atoms with Crippen LogP contribution >= 0.6 is 11.6 Å². The molecule has 0 radical (unpaired) electrons. The Bertz CT molecular complexity index is 1070. The lowest BCUT2D eigenvalue weighted by Crippen LogP contribution is -2.52. The third kappa shape index (κ3) is 4.37. The minimum absolute atomic E-state index is 0.0269. The van der Waals surface area contributed by atoms with Gasteiger partial charge in [0.25, 0.3) is 0 Å². The van der Waals surface area contributed by atoms with Gasteiger partial charge in [-0.3, -0.25) is 14.4 Å². The summed E-state index contributed by atoms with van der Waals surface area (Å²) in [7, 11) is 1.52. The maximum Gasteiger partial charge on any atom is 0.223 e. The van der Waals surface area contributed by atoms with E-state index in [2.05, 4.69) is 0 Å². The van der Waals surface area contributed by atoms with Gasteiger partial charge in [0.15, 0.2) is 11.6 Å². The molecule has 0 aromatic heterocycles. The lowest BCUT2D eigenvalue weighted by Gasteiger charge is -2.44. The van der Waals surface area contributed by atoms with Gasteiger partial charge in [0.05, 0.1) is 24.7 Å². The van der Waals surface area contributed by atoms with Crippen molar-refractivity contribution in [2.75, 3.05) is 20.2 Å². The van der Waals surface area contributed by atoms with Crippen molar-refractivity contribution in [1.82, 2.24) is 4.90 Å². The number of hydrogen-bond acceptors (Lipinski definition) is 5. The van der Waals surface area contributed by atoms with Crippen LogP contribution in [0.15, 0.2) is 36.4 Å². The van der Waals surface area contributed by atoms with E-state index in [1.165, 1.54) is 7.11 Å². The average Bonchev–Trinajstić information content (AvgIpc) is 2.78. The topological polar surface area (TPSA) is 72.9 Å². The fourth-order valence-electron chi connectivity index (χ4n) is 4.54. The number of nitrogens with zero attached hydrogens (tertiary/aromatic N) is 1. The van der Waals surface area contributed by atoms with Crippen molar-refractivity contribution in [2.45, 2.75) is 44.6 Å². The Hall–Kier alpha value is -2.86. The molecule has 168 valence electrons. The highest BCUT2D eigenvalue weighted by Crippen LogP contribution is 2.42. The first kappa shape index (κ1) is 22.3. The van der Waals surface area contributed by atoms with Crippen LogP contribution in [0.5, 0.6) is 11.5 Å². The highest BCUT2D eigenvalue weighted by Gasteiger charge is 2.44. The maximum absolute atomic E-state index is 12.8. The molecule has 2 aliphatic rings. The van der Waals surface area contributed by atoms with Gasteiger partial charge in [-0.1, -0.05) is 23.7 Å². The number of methoxy groups -OCH3 is 1. The normalized spacial score (nSPS) is 17.0. The van der Waals surface area contributed by atoms with Gasteiger partial charge in [0, 0.05) is 43.8 Å². The number of piperidine rings is 1. The zero-order valence-corrected chi connectivity index (χ0v) is 19.0. The molecule has 7 heteroatoms. The molecule has 2 heterocycles. The van der Waals surface area contributed by atoms with Crippen molar-refractivity contribution in [1.29, 1.82) is 0 Å². The van der Waals surface area contributed by atoms with Crippen LogP contribution in [0, 0.1) is 6.92 Å². The van der Waals surface area contributed by atoms with E-state index in [1.807, 2.05) is 6.92 Å². The maximum atomic E-state index is 12.8. The molecule has 2 aliphatic heterocycles. The fraction of sp³-hybridized carbons (Fsp3) is 0.400. The molecular formula is C25H26ClNO5. The molecule has 0 saturated carbocycles. The van der Waals surface area contributed by atoms with Gasteiger partial charge in [0.2, 0.25) is 5.91 Å². The molecule has 1 fully saturated rings. The molecule has 1 spiro atoms. The van der Waals surface area contributed by atoms with Crippen LogP contribution in [0.2, 0.25) is 5.02 Å². The number of ether oxygens (including phenoxy) is 2. The minimum Gasteiger partial charge on any atom is -0.496 e. The summed E-state index contributed by atoms with van der Waals surface area (Å²) in [4.78, 5) is 39.8. The first-order chi connectivity index (χ1) is 15.3. The predicted octanol–water partition coefficient (Wildman–Crippen LogP) is 4.65. The fourth-order valence-corrected chi connectivity index (χ4v) is 4.82. The number of halogens is 1. The van der Waals surface area contributed by atoms with E-state index < -0.39 is 5.60 Å². The van der Waals surface area contributed by atoms with Gasteiger partial charge in [-0.15, -0.1) is 0 Å². The second-order valence-electron chi connectivity index (χ2n) is 8.49. The third-order valence-corrected chi connectivity index (χ3v) is 6.56. The van der Waals surface area contributed by atoms with Crippen LogP contribution in [-0.4, -0.2) is 48.2 Å². The number of ketones is 2. The van der Waals surface area contributed by atoms with Crippen LogP contribution in [-0.2, 0) is 4.79 Å². The number of fused-ring (bicyclic) bond motifs is 1. The Morgan fingerprint density at radius 3 is 2.59 bits per heavy atom. The molecule has 32 heavy (non-hydrogen) atoms. The zero-order chi connectivity index (χ0) is 22.9. The van der Waals surface area contributed by atoms with E-state index in [0.29, 0.717) is 53.6 Å². The highest BCUT2D eigenvalue weighted by atomic mass is 35.5. The molecule has 4 rings (SSSR count). The second kappa shape index (κ2) is 8.94. The summed E-state index contributed by atoms with van der Waals surface area (Å²) in [6.07, 6.45) is 1.71. The molecule has 0 unspecified atom stereocenters. The number of carbonyl (C=O) groups excluding carboxylic acids is 3. The van der Waals surface area contributed by atoms with Gasteiger partial charge in [-0.05, 0) is 36.8 Å². The van der Waals surface area contributed by atoms with Gasteiger partial charge in [-0.2, -0.15) is 0 Å². The molecule has 1 saturated heterocycles. The molecule has 2 aromatic rings. The Labute approximate surface area is 192 Å². The van der Waals surface area contributed by atoms with Crippen molar-refractivity contribution in [3.8, 4) is 11.5 Å². The monoisotopic (exact) mass is 455 g/mol. The summed E-state index contributed by atoms with van der Waals surface area (Å²) < 4.78 is 11.6. The van der Waals surface area contributed by atoms with Crippen molar-refractivity contribution in [2.24, 2.45) is 0 Å². The first-order valence-corrected chi connectivity index (χ1v) is 11.2. The zero-order valence-electron chi connectivity index (χ0n) is 18.3. The summed E-state index contributed by atoms with van der Waals surface area (Å²) in [6.45, 7) is 2.88. The van der Waals surface area contributed by atoms with Gasteiger partial charge in [0.1, 0.15) is 17.1 Å². The van der Waals surface area contributed by atoms with E-state index >= 15 is 0 Å². The lowest BCUT2D eigenvalue weighted by atomic mass is 9.82. The molecule has 0 N–H and O–H groups in total. The van der Waals surface area contributed by atoms with Crippen LogP contribution < -0.4 is 9.47 Å². The standard InChI is InChI=1S/C25H26ClNO5/c1-16-13-17(26)14-19-21(29)15-25(32-24(16)19)9-11-27(12-10-25)23(30)8-7-20(28)18-5-3-4-6-22(18)31-2/h3-6,13-14H,7-12,15H2,1-2H3. The number of amides is 1. The number of hydrogen-bond donors (Lipinski definition) is 0. The van der Waals surface area contributed by atoms with E-state index in [9.17, 15) is 14.4 Å². The third-order valence-electron chi connectivity index (χ3n) is 6.34. The van der Waals surface area contributed by atoms with Crippen molar-refractivity contribution in [3.63, 3.8) is 0 Å². The van der Waals surface area contributed by atoms with Crippen molar-refractivity contribution < 1.29 is 23.9 Å². The van der Waals surface area contributed by atoms with Gasteiger partial charge in [-0.25, -0.2) is 0 Å². The van der Waals surface area contributed by atoms with Crippen molar-refractivity contribution >= 4 is 29.1 Å². The van der Waals surface area contributed by atoms with Crippen LogP contribution in [0.4, 0.5) is 0 Å². The van der Waals surface area contributed by atoms with Crippen LogP contribution in [0.25, 0.3) is 0 Å². The van der Waals surface area contributed by atoms with Crippen LogP contribution in [0.1, 0.15) is 58.4 Å². The molecular weight excluding hydrogens is 430 g/mol. The van der Waals surface area contributed by atoms with E-state index in [1.54, 1.807) is 41.3 Å². The SMILES string of the molecule is COc1ccccc1C(=O)CCC(=O)N1CCC2(CC1)CC(=O)c1cc(Cl)cc(C)c1O2. The summed E-state index contributed by atoms with van der Waals surface area (Å²) in [5.41, 5.74) is 1.28. The predicted molar refractivity (Wildman–Crippen MR) is 121 cm³/mol. The van der Waals surface area contributed by atoms with Crippen molar-refractivity contribution in [3.05, 3.63) is 58.1 Å². The largest absolute Gasteiger partial charge is 0.496 e. The quantitative estimate of drug-likeness (QED) is 0.614. The van der Waals surface area contributed by atoms with E-state index in [0.717, 1.165) is 5.56 Å². The lowest BCUT2D eigenvalue weighted by molar-refractivity contribution is -0.134. The number of Topliss-reactive ketones (excluding diaryl/α,β-unsaturated/α-hetero) is 2. The second-order valence-corrected chi connectivity index (χ2v) is 8.93. The molecule has 2 aromatic carbocycles. The van der Waals surface area contributed by atoms with E-state index in [-0.39, 0.29) is 36.7 Å². The van der Waals surface area contributed by atoms with Gasteiger partial charge < -0.3 is 14.4 Å².